The lowest BCUT2D eigenvalue weighted by Crippen LogP contribution is -1.81. The maximum atomic E-state index is 5.68. The molecule has 2 aromatic heterocycles. The van der Waals surface area contributed by atoms with E-state index in [9.17, 15) is 0 Å². The van der Waals surface area contributed by atoms with Crippen LogP contribution >= 0.6 is 0 Å². The SMILES string of the molecule is Nc1cc2ccc3nccccc3c2n1. The fourth-order valence-electron chi connectivity index (χ4n) is 1.78. The summed E-state index contributed by atoms with van der Waals surface area (Å²) in [6, 6.07) is 11.7. The van der Waals surface area contributed by atoms with Gasteiger partial charge in [-0.3, -0.25) is 4.98 Å². The van der Waals surface area contributed by atoms with Gasteiger partial charge < -0.3 is 5.73 Å². The van der Waals surface area contributed by atoms with E-state index >= 15 is 0 Å². The Labute approximate surface area is 86.6 Å². The number of hydrogen-bond acceptors (Lipinski definition) is 3. The zero-order valence-corrected chi connectivity index (χ0v) is 8.01. The number of nitrogen functional groups attached to an aromatic ring is 1. The number of anilines is 1. The van der Waals surface area contributed by atoms with E-state index in [1.165, 1.54) is 0 Å². The van der Waals surface area contributed by atoms with E-state index in [1.807, 2.05) is 36.4 Å². The number of rotatable bonds is 0. The van der Waals surface area contributed by atoms with Crippen LogP contribution in [0.3, 0.4) is 0 Å². The lowest BCUT2D eigenvalue weighted by molar-refractivity contribution is 1.44. The van der Waals surface area contributed by atoms with Crippen molar-refractivity contribution in [3.05, 3.63) is 42.6 Å². The van der Waals surface area contributed by atoms with Crippen LogP contribution in [0.1, 0.15) is 0 Å². The van der Waals surface area contributed by atoms with Crippen molar-refractivity contribution >= 4 is 27.6 Å². The fourth-order valence-corrected chi connectivity index (χ4v) is 1.78. The predicted octanol–water partition coefficient (Wildman–Crippen LogP) is 2.37. The molecule has 2 N–H and O–H groups in total. The van der Waals surface area contributed by atoms with E-state index in [2.05, 4.69) is 9.97 Å². The van der Waals surface area contributed by atoms with Gasteiger partial charge in [0.1, 0.15) is 5.82 Å². The third-order valence-corrected chi connectivity index (χ3v) is 2.44. The molecule has 3 rings (SSSR count). The second kappa shape index (κ2) is 2.92. The van der Waals surface area contributed by atoms with Gasteiger partial charge in [0.25, 0.3) is 0 Å². The van der Waals surface area contributed by atoms with Gasteiger partial charge in [0.2, 0.25) is 0 Å². The van der Waals surface area contributed by atoms with Crippen molar-refractivity contribution in [2.45, 2.75) is 0 Å². The molecule has 0 aliphatic heterocycles. The number of nitrogens with zero attached hydrogens (tertiary/aromatic N) is 2. The normalized spacial score (nSPS) is 10.9. The molecule has 0 saturated heterocycles. The molecule has 0 unspecified atom stereocenters. The summed E-state index contributed by atoms with van der Waals surface area (Å²) in [4.78, 5) is 8.63. The summed E-state index contributed by atoms with van der Waals surface area (Å²) < 4.78 is 0. The Bertz CT molecular complexity index is 646. The van der Waals surface area contributed by atoms with Crippen molar-refractivity contribution in [1.29, 1.82) is 0 Å². The molecule has 0 bridgehead atoms. The second-order valence-corrected chi connectivity index (χ2v) is 3.45. The minimum atomic E-state index is 0.559. The van der Waals surface area contributed by atoms with Crippen LogP contribution in [0.15, 0.2) is 42.6 Å². The van der Waals surface area contributed by atoms with Crippen molar-refractivity contribution in [3.8, 4) is 0 Å². The standard InChI is InChI=1S/C12H9N3/c13-11-7-8-4-5-10-9(12(8)15-11)3-1-2-6-14-10/h1-7H,(H2,13,15). The van der Waals surface area contributed by atoms with Crippen LogP contribution in [0.2, 0.25) is 0 Å². The molecule has 0 radical (unpaired) electrons. The summed E-state index contributed by atoms with van der Waals surface area (Å²) in [7, 11) is 0. The first-order valence-corrected chi connectivity index (χ1v) is 4.74. The molecular formula is C12H9N3. The van der Waals surface area contributed by atoms with Gasteiger partial charge in [0, 0.05) is 17.0 Å². The third kappa shape index (κ3) is 1.21. The summed E-state index contributed by atoms with van der Waals surface area (Å²) in [5.41, 5.74) is 7.54. The highest BCUT2D eigenvalue weighted by molar-refractivity contribution is 6.05. The Morgan fingerprint density at radius 2 is 2.00 bits per heavy atom. The average Bonchev–Trinajstić information content (AvgIpc) is 2.48. The summed E-state index contributed by atoms with van der Waals surface area (Å²) in [5, 5.41) is 2.10. The largest absolute Gasteiger partial charge is 0.384 e. The fraction of sp³-hybridized carbons (Fsp3) is 0. The van der Waals surface area contributed by atoms with Crippen LogP contribution < -0.4 is 5.73 Å². The van der Waals surface area contributed by atoms with Crippen molar-refractivity contribution in [2.75, 3.05) is 5.73 Å². The molecule has 0 fully saturated rings. The van der Waals surface area contributed by atoms with Crippen LogP contribution in [0, 0.1) is 0 Å². The van der Waals surface area contributed by atoms with Crippen LogP contribution in [0.5, 0.6) is 0 Å². The molecular weight excluding hydrogens is 186 g/mol. The quantitative estimate of drug-likeness (QED) is 0.599. The molecule has 0 aliphatic rings. The van der Waals surface area contributed by atoms with Crippen LogP contribution in [-0.2, 0) is 0 Å². The molecule has 72 valence electrons. The molecule has 0 atom stereocenters. The summed E-state index contributed by atoms with van der Waals surface area (Å²) >= 11 is 0. The second-order valence-electron chi connectivity index (χ2n) is 3.45. The first kappa shape index (κ1) is 8.17. The smallest absolute Gasteiger partial charge is 0.124 e. The van der Waals surface area contributed by atoms with Crippen LogP contribution in [0.4, 0.5) is 5.82 Å². The van der Waals surface area contributed by atoms with Crippen LogP contribution in [0.25, 0.3) is 21.8 Å². The van der Waals surface area contributed by atoms with Gasteiger partial charge in [-0.25, -0.2) is 4.98 Å². The lowest BCUT2D eigenvalue weighted by Gasteiger charge is -1.92. The Morgan fingerprint density at radius 3 is 2.93 bits per heavy atom. The van der Waals surface area contributed by atoms with Crippen molar-refractivity contribution < 1.29 is 0 Å². The molecule has 0 saturated carbocycles. The van der Waals surface area contributed by atoms with Gasteiger partial charge in [-0.05, 0) is 18.2 Å². The van der Waals surface area contributed by atoms with Crippen molar-refractivity contribution in [3.63, 3.8) is 0 Å². The zero-order chi connectivity index (χ0) is 10.3. The highest BCUT2D eigenvalue weighted by atomic mass is 14.8. The molecule has 3 nitrogen and oxygen atoms in total. The third-order valence-electron chi connectivity index (χ3n) is 2.44. The highest BCUT2D eigenvalue weighted by Gasteiger charge is 2.03. The summed E-state index contributed by atoms with van der Waals surface area (Å²) in [6.07, 6.45) is 1.78. The molecule has 0 spiro atoms. The van der Waals surface area contributed by atoms with E-state index in [4.69, 9.17) is 5.73 Å². The topological polar surface area (TPSA) is 51.8 Å². The number of benzene rings is 1. The highest BCUT2D eigenvalue weighted by Crippen LogP contribution is 2.24. The van der Waals surface area contributed by atoms with Gasteiger partial charge in [0.05, 0.1) is 11.0 Å². The maximum Gasteiger partial charge on any atom is 0.124 e. The Kier molecular flexibility index (Phi) is 1.59. The molecule has 0 aliphatic carbocycles. The molecule has 0 amide bonds. The van der Waals surface area contributed by atoms with Gasteiger partial charge in [-0.15, -0.1) is 0 Å². The van der Waals surface area contributed by atoms with E-state index in [1.54, 1.807) is 6.20 Å². The number of nitrogens with two attached hydrogens (primary N) is 1. The van der Waals surface area contributed by atoms with E-state index in [-0.39, 0.29) is 0 Å². The van der Waals surface area contributed by atoms with Crippen molar-refractivity contribution in [1.82, 2.24) is 9.97 Å². The first-order chi connectivity index (χ1) is 7.34. The van der Waals surface area contributed by atoms with E-state index in [0.717, 1.165) is 21.8 Å². The monoisotopic (exact) mass is 195 g/mol. The molecule has 15 heavy (non-hydrogen) atoms. The van der Waals surface area contributed by atoms with Gasteiger partial charge in [-0.2, -0.15) is 0 Å². The Morgan fingerprint density at radius 1 is 1.07 bits per heavy atom. The minimum absolute atomic E-state index is 0.559. The predicted molar refractivity (Wildman–Crippen MR) is 61.5 cm³/mol. The Hall–Kier alpha value is -2.16. The molecule has 3 heteroatoms. The lowest BCUT2D eigenvalue weighted by atomic mass is 10.2. The molecule has 1 aromatic carbocycles. The van der Waals surface area contributed by atoms with Gasteiger partial charge in [0.15, 0.2) is 0 Å². The number of hydrogen-bond donors (Lipinski definition) is 1. The van der Waals surface area contributed by atoms with E-state index < -0.39 is 0 Å². The van der Waals surface area contributed by atoms with Crippen molar-refractivity contribution in [2.24, 2.45) is 0 Å². The zero-order valence-electron chi connectivity index (χ0n) is 8.01. The average molecular weight is 195 g/mol. The Balaban J connectivity index is 2.60. The molecule has 3 aromatic rings. The van der Waals surface area contributed by atoms with Crippen LogP contribution in [-0.4, -0.2) is 9.97 Å². The summed E-state index contributed by atoms with van der Waals surface area (Å²) in [6.45, 7) is 0. The minimum Gasteiger partial charge on any atom is -0.384 e. The van der Waals surface area contributed by atoms with E-state index in [0.29, 0.717) is 5.82 Å². The number of fused-ring (bicyclic) bond motifs is 3. The summed E-state index contributed by atoms with van der Waals surface area (Å²) in [5.74, 6) is 0.559. The maximum absolute atomic E-state index is 5.68. The number of aromatic nitrogens is 2. The van der Waals surface area contributed by atoms with Gasteiger partial charge >= 0.3 is 0 Å². The van der Waals surface area contributed by atoms with Gasteiger partial charge in [-0.1, -0.05) is 18.2 Å². The first-order valence-electron chi connectivity index (χ1n) is 4.74. The molecule has 2 heterocycles.